The van der Waals surface area contributed by atoms with Crippen LogP contribution < -0.4 is 4.74 Å². The lowest BCUT2D eigenvalue weighted by atomic mass is 10.2. The molecule has 0 bridgehead atoms. The van der Waals surface area contributed by atoms with E-state index in [4.69, 9.17) is 15.1 Å². The van der Waals surface area contributed by atoms with Gasteiger partial charge in [0, 0.05) is 5.75 Å². The van der Waals surface area contributed by atoms with Crippen LogP contribution in [0, 0.1) is 11.3 Å². The molecule has 0 aliphatic carbocycles. The molecule has 3 nitrogen and oxygen atoms in total. The molecule has 0 aliphatic heterocycles. The minimum atomic E-state index is 0.225. The number of hydrogen-bond acceptors (Lipinski definition) is 4. The summed E-state index contributed by atoms with van der Waals surface area (Å²) >= 11 is 1.70. The monoisotopic (exact) mass is 237 g/mol. The highest BCUT2D eigenvalue weighted by molar-refractivity contribution is 7.99. The zero-order valence-electron chi connectivity index (χ0n) is 9.06. The van der Waals surface area contributed by atoms with Crippen LogP contribution in [0.4, 0.5) is 0 Å². The van der Waals surface area contributed by atoms with Gasteiger partial charge in [0.05, 0.1) is 18.8 Å². The molecule has 1 rings (SSSR count). The quantitative estimate of drug-likeness (QED) is 0.737. The normalized spacial score (nSPS) is 9.75. The van der Waals surface area contributed by atoms with Crippen molar-refractivity contribution in [2.45, 2.75) is 6.42 Å². The Hall–Kier alpha value is -1.18. The van der Waals surface area contributed by atoms with Gasteiger partial charge in [0.2, 0.25) is 0 Å². The Labute approximate surface area is 100 Å². The Bertz CT molecular complexity index is 349. The molecule has 0 atom stereocenters. The van der Waals surface area contributed by atoms with E-state index in [2.05, 4.69) is 6.07 Å². The van der Waals surface area contributed by atoms with Crippen LogP contribution in [0.3, 0.4) is 0 Å². The summed E-state index contributed by atoms with van der Waals surface area (Å²) in [6.07, 6.45) is 0.921. The summed E-state index contributed by atoms with van der Waals surface area (Å²) in [5, 5.41) is 17.4. The topological polar surface area (TPSA) is 53.2 Å². The van der Waals surface area contributed by atoms with Gasteiger partial charge in [0.25, 0.3) is 0 Å². The van der Waals surface area contributed by atoms with Gasteiger partial charge in [-0.05, 0) is 24.3 Å². The van der Waals surface area contributed by atoms with Gasteiger partial charge in [0.1, 0.15) is 11.8 Å². The van der Waals surface area contributed by atoms with E-state index in [1.54, 1.807) is 23.9 Å². The van der Waals surface area contributed by atoms with Crippen molar-refractivity contribution in [3.63, 3.8) is 0 Å². The van der Waals surface area contributed by atoms with E-state index in [1.807, 2.05) is 12.1 Å². The Morgan fingerprint density at radius 2 is 2.12 bits per heavy atom. The summed E-state index contributed by atoms with van der Waals surface area (Å²) in [4.78, 5) is 0. The van der Waals surface area contributed by atoms with Crippen molar-refractivity contribution in [1.29, 1.82) is 5.26 Å². The van der Waals surface area contributed by atoms with Gasteiger partial charge in [-0.3, -0.25) is 0 Å². The second kappa shape index (κ2) is 8.03. The van der Waals surface area contributed by atoms with Gasteiger partial charge < -0.3 is 9.84 Å². The van der Waals surface area contributed by atoms with Crippen molar-refractivity contribution in [2.24, 2.45) is 0 Å². The van der Waals surface area contributed by atoms with E-state index in [9.17, 15) is 0 Å². The standard InChI is InChI=1S/C12H15NO2S/c13-10-11-4-1-2-5-12(11)15-7-3-8-16-9-6-14/h1-2,4-5,14H,3,6-9H2. The molecule has 16 heavy (non-hydrogen) atoms. The van der Waals surface area contributed by atoms with E-state index in [-0.39, 0.29) is 6.61 Å². The number of ether oxygens (including phenoxy) is 1. The predicted octanol–water partition coefficient (Wildman–Crippen LogP) is 2.05. The number of benzene rings is 1. The van der Waals surface area contributed by atoms with Gasteiger partial charge in [-0.2, -0.15) is 17.0 Å². The van der Waals surface area contributed by atoms with E-state index >= 15 is 0 Å². The number of rotatable bonds is 7. The molecule has 1 aromatic rings. The molecule has 0 saturated heterocycles. The maximum absolute atomic E-state index is 8.83. The molecule has 1 N–H and O–H groups in total. The predicted molar refractivity (Wildman–Crippen MR) is 65.7 cm³/mol. The first kappa shape index (κ1) is 12.9. The molecular weight excluding hydrogens is 222 g/mol. The molecule has 0 amide bonds. The van der Waals surface area contributed by atoms with Crippen molar-refractivity contribution in [2.75, 3.05) is 24.7 Å². The van der Waals surface area contributed by atoms with Crippen LogP contribution in [-0.4, -0.2) is 29.8 Å². The molecule has 0 saturated carbocycles. The van der Waals surface area contributed by atoms with Crippen LogP contribution in [0.25, 0.3) is 0 Å². The lowest BCUT2D eigenvalue weighted by Crippen LogP contribution is -2.01. The van der Waals surface area contributed by atoms with Crippen molar-refractivity contribution in [1.82, 2.24) is 0 Å². The Morgan fingerprint density at radius 3 is 2.88 bits per heavy atom. The second-order valence-electron chi connectivity index (χ2n) is 3.15. The third-order valence-corrected chi connectivity index (χ3v) is 2.98. The van der Waals surface area contributed by atoms with Gasteiger partial charge in [-0.15, -0.1) is 0 Å². The molecule has 0 fully saturated rings. The van der Waals surface area contributed by atoms with E-state index < -0.39 is 0 Å². The van der Waals surface area contributed by atoms with E-state index in [1.165, 1.54) is 0 Å². The Balaban J connectivity index is 2.24. The molecule has 0 heterocycles. The molecular formula is C12H15NO2S. The molecule has 0 spiro atoms. The average molecular weight is 237 g/mol. The molecule has 0 aromatic heterocycles. The minimum Gasteiger partial charge on any atom is -0.492 e. The number of aliphatic hydroxyl groups is 1. The van der Waals surface area contributed by atoms with Gasteiger partial charge >= 0.3 is 0 Å². The first-order valence-corrected chi connectivity index (χ1v) is 6.34. The van der Waals surface area contributed by atoms with Crippen LogP contribution in [0.5, 0.6) is 5.75 Å². The zero-order chi connectivity index (χ0) is 11.6. The fraction of sp³-hybridized carbons (Fsp3) is 0.417. The number of nitriles is 1. The largest absolute Gasteiger partial charge is 0.492 e. The Kier molecular flexibility index (Phi) is 6.47. The molecule has 0 aliphatic rings. The SMILES string of the molecule is N#Cc1ccccc1OCCCSCCO. The van der Waals surface area contributed by atoms with Crippen molar-refractivity contribution in [3.8, 4) is 11.8 Å². The fourth-order valence-corrected chi connectivity index (χ4v) is 1.85. The maximum Gasteiger partial charge on any atom is 0.137 e. The number of para-hydroxylation sites is 1. The number of hydrogen-bond donors (Lipinski definition) is 1. The molecule has 1 aromatic carbocycles. The number of nitrogens with zero attached hydrogens (tertiary/aromatic N) is 1. The lowest BCUT2D eigenvalue weighted by molar-refractivity contribution is 0.316. The molecule has 86 valence electrons. The first-order valence-electron chi connectivity index (χ1n) is 5.19. The summed E-state index contributed by atoms with van der Waals surface area (Å²) < 4.78 is 5.51. The zero-order valence-corrected chi connectivity index (χ0v) is 9.87. The van der Waals surface area contributed by atoms with Crippen LogP contribution in [0.2, 0.25) is 0 Å². The summed E-state index contributed by atoms with van der Waals surface area (Å²) in [5.41, 5.74) is 0.575. The highest BCUT2D eigenvalue weighted by Crippen LogP contribution is 2.16. The summed E-state index contributed by atoms with van der Waals surface area (Å²) in [6, 6.07) is 9.32. The van der Waals surface area contributed by atoms with Crippen LogP contribution in [0.15, 0.2) is 24.3 Å². The van der Waals surface area contributed by atoms with Crippen molar-refractivity contribution >= 4 is 11.8 Å². The Morgan fingerprint density at radius 1 is 1.31 bits per heavy atom. The minimum absolute atomic E-state index is 0.225. The molecule has 0 radical (unpaired) electrons. The second-order valence-corrected chi connectivity index (χ2v) is 4.37. The van der Waals surface area contributed by atoms with Gasteiger partial charge in [-0.25, -0.2) is 0 Å². The van der Waals surface area contributed by atoms with Gasteiger partial charge in [0.15, 0.2) is 0 Å². The summed E-state index contributed by atoms with van der Waals surface area (Å²) in [7, 11) is 0. The number of thioether (sulfide) groups is 1. The molecule has 4 heteroatoms. The van der Waals surface area contributed by atoms with Crippen molar-refractivity contribution < 1.29 is 9.84 Å². The third kappa shape index (κ3) is 4.56. The highest BCUT2D eigenvalue weighted by Gasteiger charge is 2.00. The van der Waals surface area contributed by atoms with E-state index in [0.717, 1.165) is 17.9 Å². The first-order chi connectivity index (χ1) is 7.88. The van der Waals surface area contributed by atoms with Gasteiger partial charge in [-0.1, -0.05) is 12.1 Å². The van der Waals surface area contributed by atoms with Crippen LogP contribution in [0.1, 0.15) is 12.0 Å². The summed E-state index contributed by atoms with van der Waals surface area (Å²) in [6.45, 7) is 0.833. The third-order valence-electron chi connectivity index (χ3n) is 1.93. The van der Waals surface area contributed by atoms with Crippen molar-refractivity contribution in [3.05, 3.63) is 29.8 Å². The van der Waals surface area contributed by atoms with E-state index in [0.29, 0.717) is 17.9 Å². The summed E-state index contributed by atoms with van der Waals surface area (Å²) in [5.74, 6) is 2.39. The molecule has 0 unspecified atom stereocenters. The number of aliphatic hydroxyl groups excluding tert-OH is 1. The van der Waals surface area contributed by atoms with Crippen LogP contribution >= 0.6 is 11.8 Å². The lowest BCUT2D eigenvalue weighted by Gasteiger charge is -2.06. The average Bonchev–Trinajstić information content (AvgIpc) is 2.34. The highest BCUT2D eigenvalue weighted by atomic mass is 32.2. The smallest absolute Gasteiger partial charge is 0.137 e. The van der Waals surface area contributed by atoms with Crippen LogP contribution in [-0.2, 0) is 0 Å². The fourth-order valence-electron chi connectivity index (χ4n) is 1.19. The maximum atomic E-state index is 8.83.